The van der Waals surface area contributed by atoms with Crippen molar-refractivity contribution in [3.63, 3.8) is 0 Å². The second kappa shape index (κ2) is 4.97. The number of hydrogen-bond acceptors (Lipinski definition) is 4. The van der Waals surface area contributed by atoms with Gasteiger partial charge in [-0.1, -0.05) is 6.07 Å². The Hall–Kier alpha value is -0.955. The third-order valence-corrected chi connectivity index (χ3v) is 3.78. The Bertz CT molecular complexity index is 539. The molecule has 1 aromatic carbocycles. The van der Waals surface area contributed by atoms with E-state index >= 15 is 0 Å². The van der Waals surface area contributed by atoms with E-state index in [9.17, 15) is 12.8 Å². The maximum atomic E-state index is 13.6. The van der Waals surface area contributed by atoms with Gasteiger partial charge in [0, 0.05) is 5.54 Å². The maximum absolute atomic E-state index is 13.6. The highest BCUT2D eigenvalue weighted by atomic mass is 32.2. The van der Waals surface area contributed by atoms with Crippen LogP contribution in [0.15, 0.2) is 23.1 Å². The molecule has 0 fully saturated rings. The standard InChI is InChI=1S/C10H15BFNO4S/c1-10(2,3)13-18(16,17)9-5-4-7(11(14)15)6-8(9)12/h4-6,13-15H,1-3H3. The number of sulfonamides is 1. The molecule has 8 heteroatoms. The highest BCUT2D eigenvalue weighted by Gasteiger charge is 2.26. The van der Waals surface area contributed by atoms with E-state index in [1.807, 2.05) is 0 Å². The van der Waals surface area contributed by atoms with E-state index in [0.29, 0.717) is 0 Å². The lowest BCUT2D eigenvalue weighted by Gasteiger charge is -2.20. The van der Waals surface area contributed by atoms with E-state index in [1.165, 1.54) is 0 Å². The molecule has 0 bridgehead atoms. The number of halogens is 1. The molecular weight excluding hydrogens is 260 g/mol. The van der Waals surface area contributed by atoms with E-state index in [1.54, 1.807) is 20.8 Å². The van der Waals surface area contributed by atoms with Gasteiger partial charge < -0.3 is 10.0 Å². The van der Waals surface area contributed by atoms with Crippen LogP contribution in [0.3, 0.4) is 0 Å². The molecule has 0 amide bonds. The van der Waals surface area contributed by atoms with Crippen molar-refractivity contribution in [3.8, 4) is 0 Å². The zero-order chi connectivity index (χ0) is 14.1. The van der Waals surface area contributed by atoms with Gasteiger partial charge in [-0.3, -0.25) is 0 Å². The van der Waals surface area contributed by atoms with E-state index in [0.717, 1.165) is 18.2 Å². The van der Waals surface area contributed by atoms with Crippen molar-refractivity contribution in [1.82, 2.24) is 4.72 Å². The molecule has 0 aliphatic heterocycles. The molecule has 100 valence electrons. The highest BCUT2D eigenvalue weighted by molar-refractivity contribution is 7.89. The van der Waals surface area contributed by atoms with Crippen molar-refractivity contribution in [2.75, 3.05) is 0 Å². The van der Waals surface area contributed by atoms with Crippen molar-refractivity contribution >= 4 is 22.6 Å². The van der Waals surface area contributed by atoms with Gasteiger partial charge in [0.15, 0.2) is 0 Å². The molecule has 3 N–H and O–H groups in total. The zero-order valence-corrected chi connectivity index (χ0v) is 11.1. The summed E-state index contributed by atoms with van der Waals surface area (Å²) in [5, 5.41) is 17.7. The Morgan fingerprint density at radius 3 is 2.22 bits per heavy atom. The van der Waals surface area contributed by atoms with Crippen molar-refractivity contribution in [2.24, 2.45) is 0 Å². The first-order valence-corrected chi connectivity index (χ1v) is 6.71. The molecular formula is C10H15BFNO4S. The lowest BCUT2D eigenvalue weighted by molar-refractivity contribution is 0.425. The van der Waals surface area contributed by atoms with Gasteiger partial charge in [0.05, 0.1) is 0 Å². The lowest BCUT2D eigenvalue weighted by Crippen LogP contribution is -2.41. The summed E-state index contributed by atoms with van der Waals surface area (Å²) < 4.78 is 39.7. The molecule has 0 spiro atoms. The van der Waals surface area contributed by atoms with Crippen molar-refractivity contribution in [1.29, 1.82) is 0 Å². The summed E-state index contributed by atoms with van der Waals surface area (Å²) >= 11 is 0. The molecule has 0 radical (unpaired) electrons. The SMILES string of the molecule is CC(C)(C)NS(=O)(=O)c1ccc(B(O)O)cc1F. The van der Waals surface area contributed by atoms with Crippen LogP contribution in [-0.4, -0.2) is 31.1 Å². The molecule has 0 heterocycles. The Balaban J connectivity index is 3.19. The third kappa shape index (κ3) is 3.77. The quantitative estimate of drug-likeness (QED) is 0.654. The summed E-state index contributed by atoms with van der Waals surface area (Å²) in [4.78, 5) is -0.526. The summed E-state index contributed by atoms with van der Waals surface area (Å²) in [5.41, 5.74) is -0.845. The summed E-state index contributed by atoms with van der Waals surface area (Å²) in [6.07, 6.45) is 0. The fourth-order valence-electron chi connectivity index (χ4n) is 1.35. The van der Waals surface area contributed by atoms with E-state index in [-0.39, 0.29) is 5.46 Å². The molecule has 18 heavy (non-hydrogen) atoms. The average molecular weight is 275 g/mol. The van der Waals surface area contributed by atoms with Gasteiger partial charge >= 0.3 is 7.12 Å². The van der Waals surface area contributed by atoms with Crippen LogP contribution >= 0.6 is 0 Å². The fraction of sp³-hybridized carbons (Fsp3) is 0.400. The van der Waals surface area contributed by atoms with Gasteiger partial charge in [-0.25, -0.2) is 17.5 Å². The summed E-state index contributed by atoms with van der Waals surface area (Å²) in [5.74, 6) is -1.03. The number of rotatable bonds is 3. The first kappa shape index (κ1) is 15.1. The van der Waals surface area contributed by atoms with Gasteiger partial charge in [-0.2, -0.15) is 0 Å². The molecule has 0 aliphatic carbocycles. The summed E-state index contributed by atoms with van der Waals surface area (Å²) in [7, 11) is -5.82. The lowest BCUT2D eigenvalue weighted by atomic mass is 9.80. The topological polar surface area (TPSA) is 86.6 Å². The van der Waals surface area contributed by atoms with E-state index < -0.39 is 33.4 Å². The van der Waals surface area contributed by atoms with Crippen LogP contribution in [0.5, 0.6) is 0 Å². The smallest absolute Gasteiger partial charge is 0.423 e. The zero-order valence-electron chi connectivity index (χ0n) is 10.3. The van der Waals surface area contributed by atoms with Crippen LogP contribution in [0.1, 0.15) is 20.8 Å². The van der Waals surface area contributed by atoms with Crippen molar-refractivity contribution in [2.45, 2.75) is 31.2 Å². The minimum absolute atomic E-state index is 0.109. The van der Waals surface area contributed by atoms with Gasteiger partial charge in [0.25, 0.3) is 0 Å². The second-order valence-electron chi connectivity index (χ2n) is 4.92. The molecule has 0 saturated heterocycles. The molecule has 0 aliphatic rings. The third-order valence-electron chi connectivity index (χ3n) is 1.98. The molecule has 5 nitrogen and oxygen atoms in total. The van der Waals surface area contributed by atoms with Crippen LogP contribution in [0, 0.1) is 5.82 Å². The Morgan fingerprint density at radius 1 is 1.28 bits per heavy atom. The number of benzene rings is 1. The number of nitrogens with one attached hydrogen (secondary N) is 1. The molecule has 0 unspecified atom stereocenters. The molecule has 1 aromatic rings. The molecule has 0 aromatic heterocycles. The van der Waals surface area contributed by atoms with Gasteiger partial charge in [0.1, 0.15) is 10.7 Å². The normalized spacial score (nSPS) is 12.6. The van der Waals surface area contributed by atoms with Crippen LogP contribution in [-0.2, 0) is 10.0 Å². The van der Waals surface area contributed by atoms with E-state index in [4.69, 9.17) is 10.0 Å². The predicted octanol–water partition coefficient (Wildman–Crippen LogP) is -0.418. The molecule has 0 saturated carbocycles. The molecule has 0 atom stereocenters. The van der Waals surface area contributed by atoms with Crippen LogP contribution in [0.4, 0.5) is 4.39 Å². The van der Waals surface area contributed by atoms with Crippen LogP contribution < -0.4 is 10.2 Å². The highest BCUT2D eigenvalue weighted by Crippen LogP contribution is 2.15. The first-order valence-electron chi connectivity index (χ1n) is 5.22. The van der Waals surface area contributed by atoms with Crippen LogP contribution in [0.25, 0.3) is 0 Å². The summed E-state index contributed by atoms with van der Waals surface area (Å²) in [6.45, 7) is 4.90. The Kier molecular flexibility index (Phi) is 4.17. The van der Waals surface area contributed by atoms with Gasteiger partial charge in [0.2, 0.25) is 10.0 Å². The number of hydrogen-bond donors (Lipinski definition) is 3. The van der Waals surface area contributed by atoms with Crippen molar-refractivity contribution in [3.05, 3.63) is 24.0 Å². The summed E-state index contributed by atoms with van der Waals surface area (Å²) in [6, 6.07) is 2.92. The van der Waals surface area contributed by atoms with E-state index in [2.05, 4.69) is 4.72 Å². The fourth-order valence-corrected chi connectivity index (χ4v) is 2.83. The predicted molar refractivity (Wildman–Crippen MR) is 66.3 cm³/mol. The largest absolute Gasteiger partial charge is 0.488 e. The Labute approximate surface area is 106 Å². The van der Waals surface area contributed by atoms with Gasteiger partial charge in [-0.15, -0.1) is 0 Å². The average Bonchev–Trinajstić information content (AvgIpc) is 2.12. The van der Waals surface area contributed by atoms with Crippen LogP contribution in [0.2, 0.25) is 0 Å². The molecule has 1 rings (SSSR count). The minimum Gasteiger partial charge on any atom is -0.423 e. The monoisotopic (exact) mass is 275 g/mol. The Morgan fingerprint density at radius 2 is 1.83 bits per heavy atom. The van der Waals surface area contributed by atoms with Gasteiger partial charge in [-0.05, 0) is 38.4 Å². The second-order valence-corrected chi connectivity index (χ2v) is 6.57. The van der Waals surface area contributed by atoms with Crippen molar-refractivity contribution < 1.29 is 22.9 Å². The maximum Gasteiger partial charge on any atom is 0.488 e. The first-order chi connectivity index (χ1) is 8.03. The minimum atomic E-state index is -3.98.